The van der Waals surface area contributed by atoms with Gasteiger partial charge in [0.15, 0.2) is 0 Å². The molecule has 0 bridgehead atoms. The summed E-state index contributed by atoms with van der Waals surface area (Å²) in [6.45, 7) is 1.71. The second-order valence-electron chi connectivity index (χ2n) is 2.61. The Morgan fingerprint density at radius 1 is 1.71 bits per heavy atom. The average molecular weight is 323 g/mol. The van der Waals surface area contributed by atoms with Crippen molar-refractivity contribution in [3.05, 3.63) is 24.2 Å². The van der Waals surface area contributed by atoms with Crippen molar-refractivity contribution in [3.8, 4) is 0 Å². The smallest absolute Gasteiger partial charge is 0.0958 e. The highest BCUT2D eigenvalue weighted by atomic mass is 127. The fourth-order valence-electron chi connectivity index (χ4n) is 0.764. The number of hydrogen-bond acceptors (Lipinski definition) is 3. The van der Waals surface area contributed by atoms with E-state index in [1.54, 1.807) is 13.1 Å². The first-order valence-electron chi connectivity index (χ1n) is 3.80. The quantitative estimate of drug-likeness (QED) is 0.381. The van der Waals surface area contributed by atoms with Gasteiger partial charge in [-0.05, 0) is 29.0 Å². The van der Waals surface area contributed by atoms with Crippen LogP contribution >= 0.6 is 28.4 Å². The van der Waals surface area contributed by atoms with Gasteiger partial charge in [0.2, 0.25) is 0 Å². The van der Waals surface area contributed by atoms with Crippen LogP contribution in [0.4, 0.5) is 0 Å². The molecular formula is C7H11IN5P. The van der Waals surface area contributed by atoms with Crippen LogP contribution in [0.5, 0.6) is 0 Å². The molecule has 0 aliphatic heterocycles. The molecule has 0 aromatic carbocycles. The van der Waals surface area contributed by atoms with Crippen molar-refractivity contribution < 1.29 is 0 Å². The van der Waals surface area contributed by atoms with Gasteiger partial charge in [0.25, 0.3) is 0 Å². The van der Waals surface area contributed by atoms with Crippen molar-refractivity contribution in [2.24, 2.45) is 16.5 Å². The van der Waals surface area contributed by atoms with Gasteiger partial charge in [-0.1, -0.05) is 0 Å². The van der Waals surface area contributed by atoms with Crippen LogP contribution < -0.4 is 11.5 Å². The Morgan fingerprint density at radius 2 is 2.43 bits per heavy atom. The maximum Gasteiger partial charge on any atom is 0.0958 e. The minimum atomic E-state index is 0.483. The van der Waals surface area contributed by atoms with Crippen molar-refractivity contribution in [1.29, 1.82) is 0 Å². The van der Waals surface area contributed by atoms with E-state index in [-0.39, 0.29) is 0 Å². The molecule has 5 nitrogen and oxygen atoms in total. The predicted octanol–water partition coefficient (Wildman–Crippen LogP) is 1.31. The van der Waals surface area contributed by atoms with Gasteiger partial charge in [-0.15, -0.1) is 0 Å². The SMILES string of the molecule is CC(N)=N/C=C(\N)c1cnn(PI)c1. The fraction of sp³-hybridized carbons (Fsp3) is 0.143. The van der Waals surface area contributed by atoms with Gasteiger partial charge in [0.1, 0.15) is 0 Å². The zero-order valence-electron chi connectivity index (χ0n) is 7.61. The highest BCUT2D eigenvalue weighted by molar-refractivity contribution is 14.2. The molecule has 14 heavy (non-hydrogen) atoms. The first-order valence-corrected chi connectivity index (χ1v) is 7.87. The monoisotopic (exact) mass is 323 g/mol. The number of nitrogens with zero attached hydrogens (tertiary/aromatic N) is 3. The zero-order valence-corrected chi connectivity index (χ0v) is 10.8. The average Bonchev–Trinajstić information content (AvgIpc) is 2.62. The normalized spacial score (nSPS) is 14.1. The van der Waals surface area contributed by atoms with E-state index in [0.717, 1.165) is 5.56 Å². The first-order chi connectivity index (χ1) is 6.63. The molecule has 1 atom stereocenters. The first kappa shape index (κ1) is 11.5. The molecule has 4 N–H and O–H groups in total. The van der Waals surface area contributed by atoms with Crippen molar-refractivity contribution >= 4 is 39.9 Å². The summed E-state index contributed by atoms with van der Waals surface area (Å²) in [7, 11) is 0. The van der Waals surface area contributed by atoms with Gasteiger partial charge in [0, 0.05) is 11.8 Å². The number of rotatable bonds is 3. The van der Waals surface area contributed by atoms with Crippen molar-refractivity contribution in [1.82, 2.24) is 9.55 Å². The molecule has 1 aromatic heterocycles. The predicted molar refractivity (Wildman–Crippen MR) is 69.4 cm³/mol. The number of aromatic nitrogens is 2. The van der Waals surface area contributed by atoms with E-state index in [2.05, 4.69) is 32.1 Å². The van der Waals surface area contributed by atoms with Crippen LogP contribution in [0.15, 0.2) is 23.6 Å². The number of hydrogen-bond donors (Lipinski definition) is 2. The van der Waals surface area contributed by atoms with Gasteiger partial charge < -0.3 is 11.5 Å². The van der Waals surface area contributed by atoms with Crippen LogP contribution in [0.3, 0.4) is 0 Å². The molecule has 1 unspecified atom stereocenters. The Labute approximate surface area is 97.0 Å². The second kappa shape index (κ2) is 5.31. The van der Waals surface area contributed by atoms with Gasteiger partial charge in [0.05, 0.1) is 30.3 Å². The van der Waals surface area contributed by atoms with Crippen LogP contribution in [0.2, 0.25) is 0 Å². The summed E-state index contributed by atoms with van der Waals surface area (Å²) in [6.07, 6.45) is 5.69. The Bertz CT molecular complexity index is 366. The Balaban J connectivity index is 2.83. The van der Waals surface area contributed by atoms with E-state index in [1.807, 2.05) is 10.6 Å². The molecular weight excluding hydrogens is 312 g/mol. The Hall–Kier alpha value is -0.620. The molecule has 1 rings (SSSR count). The maximum atomic E-state index is 5.76. The van der Waals surface area contributed by atoms with E-state index in [4.69, 9.17) is 11.5 Å². The van der Waals surface area contributed by atoms with Crippen LogP contribution in [-0.4, -0.2) is 15.4 Å². The summed E-state index contributed by atoms with van der Waals surface area (Å²) in [4.78, 5) is 3.91. The summed E-state index contributed by atoms with van der Waals surface area (Å²) in [5, 5.41) is 4.10. The minimum absolute atomic E-state index is 0.483. The topological polar surface area (TPSA) is 82.2 Å². The lowest BCUT2D eigenvalue weighted by Crippen LogP contribution is -2.04. The fourth-order valence-corrected chi connectivity index (χ4v) is 1.84. The second-order valence-corrected chi connectivity index (χ2v) is 4.69. The number of amidine groups is 1. The van der Waals surface area contributed by atoms with Crippen LogP contribution in [0, 0.1) is 0 Å². The minimum Gasteiger partial charge on any atom is -0.397 e. The molecule has 0 fully saturated rings. The van der Waals surface area contributed by atoms with Gasteiger partial charge in [-0.2, -0.15) is 5.10 Å². The molecule has 0 saturated heterocycles. The molecule has 76 valence electrons. The third-order valence-electron chi connectivity index (χ3n) is 1.41. The van der Waals surface area contributed by atoms with Crippen LogP contribution in [0.1, 0.15) is 12.5 Å². The lowest BCUT2D eigenvalue weighted by atomic mass is 10.3. The molecule has 0 saturated carbocycles. The Kier molecular flexibility index (Phi) is 4.34. The number of nitrogens with two attached hydrogens (primary N) is 2. The molecule has 1 aromatic rings. The summed E-state index contributed by atoms with van der Waals surface area (Å²) >= 11 is 2.24. The largest absolute Gasteiger partial charge is 0.397 e. The molecule has 1 heterocycles. The van der Waals surface area contributed by atoms with E-state index >= 15 is 0 Å². The van der Waals surface area contributed by atoms with E-state index in [1.165, 1.54) is 6.20 Å². The molecule has 0 aliphatic rings. The number of halogens is 1. The summed E-state index contributed by atoms with van der Waals surface area (Å²) in [5.41, 5.74) is 12.6. The van der Waals surface area contributed by atoms with Crippen molar-refractivity contribution in [2.45, 2.75) is 6.92 Å². The standard InChI is InChI=1S/C7H11IN5P/c1-5(9)11-3-7(10)6-2-12-13(4-6)14-8/h2-4,14H,10H2,1H3,(H2,9,11)/b7-3-. The summed E-state index contributed by atoms with van der Waals surface area (Å²) in [6, 6.07) is 0. The van der Waals surface area contributed by atoms with Crippen LogP contribution in [-0.2, 0) is 0 Å². The lowest BCUT2D eigenvalue weighted by molar-refractivity contribution is 1.01. The van der Waals surface area contributed by atoms with Gasteiger partial charge in [-0.25, -0.2) is 9.44 Å². The van der Waals surface area contributed by atoms with Gasteiger partial charge >= 0.3 is 0 Å². The molecule has 7 heteroatoms. The zero-order chi connectivity index (χ0) is 10.6. The third-order valence-corrected chi connectivity index (χ3v) is 3.31. The van der Waals surface area contributed by atoms with Crippen molar-refractivity contribution in [2.75, 3.05) is 0 Å². The third kappa shape index (κ3) is 3.26. The summed E-state index contributed by atoms with van der Waals surface area (Å²) < 4.78 is 1.82. The lowest BCUT2D eigenvalue weighted by Gasteiger charge is -1.94. The molecule has 0 amide bonds. The Morgan fingerprint density at radius 3 is 2.93 bits per heavy atom. The van der Waals surface area contributed by atoms with E-state index in [9.17, 15) is 0 Å². The van der Waals surface area contributed by atoms with Crippen LogP contribution in [0.25, 0.3) is 5.70 Å². The van der Waals surface area contributed by atoms with E-state index in [0.29, 0.717) is 17.9 Å². The highest BCUT2D eigenvalue weighted by Crippen LogP contribution is 2.23. The van der Waals surface area contributed by atoms with Gasteiger partial charge in [-0.3, -0.25) is 0 Å². The van der Waals surface area contributed by atoms with Crippen molar-refractivity contribution in [3.63, 3.8) is 0 Å². The maximum absolute atomic E-state index is 5.76. The highest BCUT2D eigenvalue weighted by Gasteiger charge is 1.99. The molecule has 0 aliphatic carbocycles. The molecule has 0 spiro atoms. The van der Waals surface area contributed by atoms with E-state index < -0.39 is 0 Å². The molecule has 0 radical (unpaired) electrons. The summed E-state index contributed by atoms with van der Waals surface area (Å²) in [5.74, 6) is 0.483. The number of aliphatic imine (C=N–C) groups is 1.